The number of hydrogen-bond donors (Lipinski definition) is 1. The molecule has 1 aliphatic rings. The Bertz CT molecular complexity index is 970. The van der Waals surface area contributed by atoms with E-state index in [1.165, 1.54) is 11.6 Å². The van der Waals surface area contributed by atoms with E-state index in [2.05, 4.69) is 23.1 Å². The number of aromatic nitrogens is 1. The first-order valence-electron chi connectivity index (χ1n) is 9.34. The minimum absolute atomic E-state index is 0.183. The maximum absolute atomic E-state index is 14.3. The third kappa shape index (κ3) is 3.51. The molecule has 27 heavy (non-hydrogen) atoms. The van der Waals surface area contributed by atoms with Crippen molar-refractivity contribution in [1.29, 1.82) is 0 Å². The lowest BCUT2D eigenvalue weighted by molar-refractivity contribution is 0.183. The van der Waals surface area contributed by atoms with Gasteiger partial charge in [-0.05, 0) is 35.7 Å². The molecular weight excluding hydrogens is 339 g/mol. The van der Waals surface area contributed by atoms with E-state index in [1.807, 2.05) is 31.2 Å². The lowest BCUT2D eigenvalue weighted by Gasteiger charge is -2.27. The molecule has 0 saturated heterocycles. The Hall–Kier alpha value is -2.56. The second kappa shape index (κ2) is 7.59. The number of rotatable bonds is 4. The third-order valence-corrected chi connectivity index (χ3v) is 5.32. The maximum atomic E-state index is 14.3. The van der Waals surface area contributed by atoms with Crippen LogP contribution in [0.2, 0.25) is 0 Å². The number of hydrogen-bond acceptors (Lipinski definition) is 3. The van der Waals surface area contributed by atoms with Crippen LogP contribution in [0.1, 0.15) is 16.8 Å². The van der Waals surface area contributed by atoms with Crippen LogP contribution in [0.3, 0.4) is 0 Å². The molecule has 0 amide bonds. The van der Waals surface area contributed by atoms with Crippen molar-refractivity contribution in [3.63, 3.8) is 0 Å². The second-order valence-electron chi connectivity index (χ2n) is 7.01. The molecule has 4 rings (SSSR count). The predicted octanol–water partition coefficient (Wildman–Crippen LogP) is 4.21. The molecule has 2 heterocycles. The number of benzene rings is 2. The summed E-state index contributed by atoms with van der Waals surface area (Å²) in [6.45, 7) is 4.66. The normalized spacial score (nSPS) is 14.2. The Morgan fingerprint density at radius 2 is 1.78 bits per heavy atom. The smallest absolute Gasteiger partial charge is 0.131 e. The number of β-amino-alcohol motifs (C(OH)–C–C–N with tert-alkyl or cyclic N) is 1. The average Bonchev–Trinajstić information content (AvgIpc) is 2.69. The fourth-order valence-electron chi connectivity index (χ4n) is 3.84. The van der Waals surface area contributed by atoms with Gasteiger partial charge < -0.3 is 5.11 Å². The van der Waals surface area contributed by atoms with Gasteiger partial charge in [-0.1, -0.05) is 42.5 Å². The van der Waals surface area contributed by atoms with Crippen molar-refractivity contribution < 1.29 is 9.50 Å². The van der Waals surface area contributed by atoms with Crippen LogP contribution in [0.25, 0.3) is 22.4 Å². The van der Waals surface area contributed by atoms with Crippen LogP contribution in [0.4, 0.5) is 4.39 Å². The van der Waals surface area contributed by atoms with Gasteiger partial charge in [-0.3, -0.25) is 9.88 Å². The molecule has 3 nitrogen and oxygen atoms in total. The van der Waals surface area contributed by atoms with Crippen LogP contribution >= 0.6 is 0 Å². The van der Waals surface area contributed by atoms with Gasteiger partial charge in [-0.25, -0.2) is 4.39 Å². The highest BCUT2D eigenvalue weighted by molar-refractivity contribution is 5.77. The molecule has 1 aromatic heterocycles. The Kier molecular flexibility index (Phi) is 5.01. The Morgan fingerprint density at radius 3 is 2.59 bits per heavy atom. The summed E-state index contributed by atoms with van der Waals surface area (Å²) in [7, 11) is 0. The third-order valence-electron chi connectivity index (χ3n) is 5.32. The molecule has 138 valence electrons. The van der Waals surface area contributed by atoms with E-state index in [0.717, 1.165) is 47.6 Å². The quantitative estimate of drug-likeness (QED) is 0.755. The standard InChI is InChI=1S/C23H23FN2O/c1-16-18(20-5-2-3-8-21(20)24)6-4-7-19(16)23-10-9-17-15-26(13-14-27)12-11-22(17)25-23/h2-10,27H,11-15H2,1H3. The predicted molar refractivity (Wildman–Crippen MR) is 106 cm³/mol. The average molecular weight is 362 g/mol. The lowest BCUT2D eigenvalue weighted by atomic mass is 9.94. The minimum Gasteiger partial charge on any atom is -0.395 e. The molecule has 1 N–H and O–H groups in total. The first kappa shape index (κ1) is 17.8. The summed E-state index contributed by atoms with van der Waals surface area (Å²) < 4.78 is 14.3. The van der Waals surface area contributed by atoms with Crippen molar-refractivity contribution >= 4 is 0 Å². The molecule has 0 unspecified atom stereocenters. The molecule has 0 aliphatic carbocycles. The SMILES string of the molecule is Cc1c(-c2ccc3c(n2)CCN(CCO)C3)cccc1-c1ccccc1F. The van der Waals surface area contributed by atoms with Crippen molar-refractivity contribution in [3.8, 4) is 22.4 Å². The second-order valence-corrected chi connectivity index (χ2v) is 7.01. The van der Waals surface area contributed by atoms with Crippen LogP contribution in [0, 0.1) is 12.7 Å². The van der Waals surface area contributed by atoms with Gasteiger partial charge in [0, 0.05) is 42.9 Å². The van der Waals surface area contributed by atoms with Crippen LogP contribution < -0.4 is 0 Å². The van der Waals surface area contributed by atoms with Crippen molar-refractivity contribution in [2.75, 3.05) is 19.7 Å². The summed E-state index contributed by atoms with van der Waals surface area (Å²) in [6.07, 6.45) is 0.884. The summed E-state index contributed by atoms with van der Waals surface area (Å²) in [5, 5.41) is 9.15. The fourth-order valence-corrected chi connectivity index (χ4v) is 3.84. The lowest BCUT2D eigenvalue weighted by Crippen LogP contribution is -2.33. The first-order valence-corrected chi connectivity index (χ1v) is 9.34. The van der Waals surface area contributed by atoms with Gasteiger partial charge in [0.25, 0.3) is 0 Å². The first-order chi connectivity index (χ1) is 13.2. The van der Waals surface area contributed by atoms with Gasteiger partial charge in [-0.2, -0.15) is 0 Å². The van der Waals surface area contributed by atoms with Gasteiger partial charge in [0.15, 0.2) is 0 Å². The van der Waals surface area contributed by atoms with Gasteiger partial charge in [-0.15, -0.1) is 0 Å². The van der Waals surface area contributed by atoms with Crippen LogP contribution in [-0.2, 0) is 13.0 Å². The number of pyridine rings is 1. The molecular formula is C23H23FN2O. The summed E-state index contributed by atoms with van der Waals surface area (Å²) >= 11 is 0. The monoisotopic (exact) mass is 362 g/mol. The molecule has 0 saturated carbocycles. The number of aliphatic hydroxyl groups is 1. The number of fused-ring (bicyclic) bond motifs is 1. The van der Waals surface area contributed by atoms with E-state index in [9.17, 15) is 4.39 Å². The molecule has 0 radical (unpaired) electrons. The van der Waals surface area contributed by atoms with Crippen LogP contribution in [0.15, 0.2) is 54.6 Å². The largest absolute Gasteiger partial charge is 0.395 e. The topological polar surface area (TPSA) is 36.4 Å². The summed E-state index contributed by atoms with van der Waals surface area (Å²) in [6, 6.07) is 17.0. The summed E-state index contributed by atoms with van der Waals surface area (Å²) in [5.74, 6) is -0.208. The van der Waals surface area contributed by atoms with Crippen molar-refractivity contribution in [1.82, 2.24) is 9.88 Å². The molecule has 3 aromatic rings. The molecule has 0 bridgehead atoms. The Morgan fingerprint density at radius 1 is 1.00 bits per heavy atom. The zero-order valence-corrected chi connectivity index (χ0v) is 15.5. The molecule has 1 aliphatic heterocycles. The van der Waals surface area contributed by atoms with E-state index in [1.54, 1.807) is 6.07 Å². The zero-order chi connectivity index (χ0) is 18.8. The van der Waals surface area contributed by atoms with Gasteiger partial charge in [0.2, 0.25) is 0 Å². The van der Waals surface area contributed by atoms with E-state index in [0.29, 0.717) is 12.1 Å². The van der Waals surface area contributed by atoms with Crippen molar-refractivity contribution in [2.45, 2.75) is 19.9 Å². The number of aliphatic hydroxyl groups excluding tert-OH is 1. The van der Waals surface area contributed by atoms with Crippen molar-refractivity contribution in [2.24, 2.45) is 0 Å². The molecule has 0 spiro atoms. The van der Waals surface area contributed by atoms with Crippen LogP contribution in [-0.4, -0.2) is 34.7 Å². The number of nitrogens with zero attached hydrogens (tertiary/aromatic N) is 2. The van der Waals surface area contributed by atoms with Crippen molar-refractivity contribution in [3.05, 3.63) is 77.2 Å². The molecule has 4 heteroatoms. The maximum Gasteiger partial charge on any atom is 0.131 e. The van der Waals surface area contributed by atoms with E-state index in [4.69, 9.17) is 10.1 Å². The highest BCUT2D eigenvalue weighted by Crippen LogP contribution is 2.33. The fraction of sp³-hybridized carbons (Fsp3) is 0.261. The highest BCUT2D eigenvalue weighted by Gasteiger charge is 2.18. The zero-order valence-electron chi connectivity index (χ0n) is 15.5. The summed E-state index contributed by atoms with van der Waals surface area (Å²) in [5.41, 5.74) is 6.87. The van der Waals surface area contributed by atoms with E-state index in [-0.39, 0.29) is 12.4 Å². The van der Waals surface area contributed by atoms with E-state index >= 15 is 0 Å². The van der Waals surface area contributed by atoms with Gasteiger partial charge in [0.1, 0.15) is 5.82 Å². The minimum atomic E-state index is -0.208. The highest BCUT2D eigenvalue weighted by atomic mass is 19.1. The van der Waals surface area contributed by atoms with Crippen LogP contribution in [0.5, 0.6) is 0 Å². The number of halogens is 1. The van der Waals surface area contributed by atoms with Gasteiger partial charge in [0.05, 0.1) is 12.3 Å². The molecule has 2 aromatic carbocycles. The molecule has 0 atom stereocenters. The Balaban J connectivity index is 1.71. The molecule has 0 fully saturated rings. The van der Waals surface area contributed by atoms with Gasteiger partial charge >= 0.3 is 0 Å². The Labute approximate surface area is 159 Å². The van der Waals surface area contributed by atoms with E-state index < -0.39 is 0 Å². The summed E-state index contributed by atoms with van der Waals surface area (Å²) in [4.78, 5) is 7.16.